The zero-order chi connectivity index (χ0) is 14.7. The summed E-state index contributed by atoms with van der Waals surface area (Å²) in [5, 5.41) is 6.36. The fourth-order valence-electron chi connectivity index (χ4n) is 2.98. The lowest BCUT2D eigenvalue weighted by Crippen LogP contribution is -2.47. The molecule has 1 fully saturated rings. The molecule has 2 heterocycles. The van der Waals surface area contributed by atoms with Crippen LogP contribution in [0.2, 0.25) is 0 Å². The Labute approximate surface area is 129 Å². The highest BCUT2D eigenvalue weighted by Gasteiger charge is 2.38. The van der Waals surface area contributed by atoms with E-state index >= 15 is 0 Å². The number of hydrogen-bond donors (Lipinski definition) is 1. The van der Waals surface area contributed by atoms with Crippen molar-refractivity contribution in [2.75, 3.05) is 6.54 Å². The number of Topliss-reactive ketones (excluding diaryl/α,β-unsaturated/α-hetero) is 1. The third-order valence-corrected chi connectivity index (χ3v) is 5.16. The van der Waals surface area contributed by atoms with Crippen LogP contribution in [-0.4, -0.2) is 22.9 Å². The van der Waals surface area contributed by atoms with Crippen LogP contribution in [0.1, 0.15) is 31.2 Å². The molecule has 3 nitrogen and oxygen atoms in total. The molecule has 110 valence electrons. The van der Waals surface area contributed by atoms with Gasteiger partial charge in [-0.05, 0) is 25.8 Å². The number of benzene rings is 1. The Morgan fingerprint density at radius 1 is 1.38 bits per heavy atom. The van der Waals surface area contributed by atoms with Crippen molar-refractivity contribution in [2.45, 2.75) is 38.1 Å². The van der Waals surface area contributed by atoms with Gasteiger partial charge < -0.3 is 5.32 Å². The number of carbonyl (C=O) groups excluding carboxylic acids is 1. The fraction of sp³-hybridized carbons (Fsp3) is 0.412. The van der Waals surface area contributed by atoms with Crippen LogP contribution in [0.15, 0.2) is 35.7 Å². The summed E-state index contributed by atoms with van der Waals surface area (Å²) >= 11 is 1.58. The highest BCUT2D eigenvalue weighted by molar-refractivity contribution is 7.10. The summed E-state index contributed by atoms with van der Waals surface area (Å²) < 4.78 is 0. The minimum Gasteiger partial charge on any atom is -0.305 e. The van der Waals surface area contributed by atoms with Crippen LogP contribution in [0.5, 0.6) is 0 Å². The van der Waals surface area contributed by atoms with E-state index in [1.165, 1.54) is 0 Å². The van der Waals surface area contributed by atoms with E-state index in [-0.39, 0.29) is 11.3 Å². The Hall–Kier alpha value is -1.52. The van der Waals surface area contributed by atoms with Gasteiger partial charge in [0.15, 0.2) is 5.78 Å². The monoisotopic (exact) mass is 300 g/mol. The van der Waals surface area contributed by atoms with E-state index < -0.39 is 0 Å². The average molecular weight is 300 g/mol. The Kier molecular flexibility index (Phi) is 4.17. The summed E-state index contributed by atoms with van der Waals surface area (Å²) in [5.41, 5.74) is 1.77. The van der Waals surface area contributed by atoms with Gasteiger partial charge >= 0.3 is 0 Å². The van der Waals surface area contributed by atoms with E-state index in [4.69, 9.17) is 0 Å². The van der Waals surface area contributed by atoms with Crippen LogP contribution >= 0.6 is 11.3 Å². The van der Waals surface area contributed by atoms with Crippen LogP contribution in [0.3, 0.4) is 0 Å². The molecule has 0 saturated carbocycles. The molecule has 0 spiro atoms. The SMILES string of the molecule is CCC1(C(=O)Cc2nc(-c3ccccc3)cs2)CCCN1. The van der Waals surface area contributed by atoms with Crippen LogP contribution in [0.4, 0.5) is 0 Å². The first-order chi connectivity index (χ1) is 10.2. The summed E-state index contributed by atoms with van der Waals surface area (Å²) in [6, 6.07) is 10.1. The standard InChI is InChI=1S/C17H20N2OS/c1-2-17(9-6-10-18-17)15(20)11-16-19-14(12-21-16)13-7-4-3-5-8-13/h3-5,7-8,12,18H,2,6,9-11H2,1H3. The molecule has 1 aromatic heterocycles. The fourth-order valence-corrected chi connectivity index (χ4v) is 3.79. The third-order valence-electron chi connectivity index (χ3n) is 4.31. The molecule has 1 aromatic carbocycles. The minimum atomic E-state index is -0.307. The lowest BCUT2D eigenvalue weighted by atomic mass is 9.88. The predicted octanol–water partition coefficient (Wildman–Crippen LogP) is 3.45. The third kappa shape index (κ3) is 2.92. The van der Waals surface area contributed by atoms with Crippen molar-refractivity contribution in [1.82, 2.24) is 10.3 Å². The summed E-state index contributed by atoms with van der Waals surface area (Å²) in [4.78, 5) is 17.2. The van der Waals surface area contributed by atoms with Gasteiger partial charge in [-0.25, -0.2) is 4.98 Å². The number of nitrogens with zero attached hydrogens (tertiary/aromatic N) is 1. The molecule has 0 aliphatic carbocycles. The summed E-state index contributed by atoms with van der Waals surface area (Å²) in [7, 11) is 0. The Morgan fingerprint density at radius 2 is 2.19 bits per heavy atom. The van der Waals surface area contributed by atoms with Crippen molar-refractivity contribution in [3.63, 3.8) is 0 Å². The lowest BCUT2D eigenvalue weighted by molar-refractivity contribution is -0.124. The zero-order valence-corrected chi connectivity index (χ0v) is 13.1. The molecule has 0 radical (unpaired) electrons. The molecule has 1 aliphatic heterocycles. The number of aromatic nitrogens is 1. The molecular weight excluding hydrogens is 280 g/mol. The highest BCUT2D eigenvalue weighted by atomic mass is 32.1. The van der Waals surface area contributed by atoms with Crippen molar-refractivity contribution < 1.29 is 4.79 Å². The molecule has 3 rings (SSSR count). The van der Waals surface area contributed by atoms with Gasteiger partial charge in [-0.3, -0.25) is 4.79 Å². The Balaban J connectivity index is 1.74. The second kappa shape index (κ2) is 6.08. The van der Waals surface area contributed by atoms with Gasteiger partial charge in [-0.1, -0.05) is 37.3 Å². The lowest BCUT2D eigenvalue weighted by Gasteiger charge is -2.25. The zero-order valence-electron chi connectivity index (χ0n) is 12.3. The van der Waals surface area contributed by atoms with Crippen molar-refractivity contribution >= 4 is 17.1 Å². The first-order valence-electron chi connectivity index (χ1n) is 7.52. The number of carbonyl (C=O) groups is 1. The van der Waals surface area contributed by atoms with Crippen LogP contribution in [0.25, 0.3) is 11.3 Å². The maximum atomic E-state index is 12.6. The molecule has 1 N–H and O–H groups in total. The minimum absolute atomic E-state index is 0.288. The van der Waals surface area contributed by atoms with Gasteiger partial charge in [0.1, 0.15) is 5.01 Å². The number of rotatable bonds is 5. The van der Waals surface area contributed by atoms with E-state index in [9.17, 15) is 4.79 Å². The van der Waals surface area contributed by atoms with E-state index in [0.717, 1.165) is 42.1 Å². The summed E-state index contributed by atoms with van der Waals surface area (Å²) in [6.45, 7) is 3.04. The Bertz CT molecular complexity index is 615. The van der Waals surface area contributed by atoms with Gasteiger partial charge in [0.05, 0.1) is 17.7 Å². The Morgan fingerprint density at radius 3 is 2.86 bits per heavy atom. The maximum absolute atomic E-state index is 12.6. The van der Waals surface area contributed by atoms with Gasteiger partial charge in [-0.2, -0.15) is 0 Å². The van der Waals surface area contributed by atoms with E-state index in [0.29, 0.717) is 6.42 Å². The van der Waals surface area contributed by atoms with E-state index in [2.05, 4.69) is 17.2 Å². The van der Waals surface area contributed by atoms with Crippen molar-refractivity contribution in [2.24, 2.45) is 0 Å². The largest absolute Gasteiger partial charge is 0.305 e. The average Bonchev–Trinajstić information content (AvgIpc) is 3.18. The van der Waals surface area contributed by atoms with Gasteiger partial charge in [0.2, 0.25) is 0 Å². The molecule has 0 amide bonds. The number of hydrogen-bond acceptors (Lipinski definition) is 4. The predicted molar refractivity (Wildman–Crippen MR) is 86.5 cm³/mol. The van der Waals surface area contributed by atoms with Gasteiger partial charge in [0.25, 0.3) is 0 Å². The molecule has 1 atom stereocenters. The smallest absolute Gasteiger partial charge is 0.159 e. The normalized spacial score (nSPS) is 21.6. The molecule has 1 aliphatic rings. The van der Waals surface area contributed by atoms with E-state index in [1.807, 2.05) is 35.7 Å². The molecule has 2 aromatic rings. The quantitative estimate of drug-likeness (QED) is 0.919. The van der Waals surface area contributed by atoms with Crippen LogP contribution in [-0.2, 0) is 11.2 Å². The van der Waals surface area contributed by atoms with E-state index in [1.54, 1.807) is 11.3 Å². The maximum Gasteiger partial charge on any atom is 0.159 e. The first-order valence-corrected chi connectivity index (χ1v) is 8.40. The molecular formula is C17H20N2OS. The summed E-state index contributed by atoms with van der Waals surface area (Å²) in [6.07, 6.45) is 3.35. The van der Waals surface area contributed by atoms with Gasteiger partial charge in [-0.15, -0.1) is 11.3 Å². The van der Waals surface area contributed by atoms with Gasteiger partial charge in [0, 0.05) is 10.9 Å². The molecule has 21 heavy (non-hydrogen) atoms. The second-order valence-electron chi connectivity index (χ2n) is 5.56. The van der Waals surface area contributed by atoms with Crippen LogP contribution < -0.4 is 5.32 Å². The highest BCUT2D eigenvalue weighted by Crippen LogP contribution is 2.27. The molecule has 1 saturated heterocycles. The number of nitrogens with one attached hydrogen (secondary N) is 1. The van der Waals surface area contributed by atoms with Crippen LogP contribution in [0, 0.1) is 0 Å². The first kappa shape index (κ1) is 14.4. The second-order valence-corrected chi connectivity index (χ2v) is 6.50. The molecule has 0 bridgehead atoms. The topological polar surface area (TPSA) is 42.0 Å². The number of thiazole rings is 1. The number of ketones is 1. The molecule has 1 unspecified atom stereocenters. The summed E-state index contributed by atoms with van der Waals surface area (Å²) in [5.74, 6) is 0.288. The van der Waals surface area contributed by atoms with Crippen molar-refractivity contribution in [3.8, 4) is 11.3 Å². The molecule has 4 heteroatoms. The van der Waals surface area contributed by atoms with Crippen molar-refractivity contribution in [3.05, 3.63) is 40.7 Å². The van der Waals surface area contributed by atoms with Crippen molar-refractivity contribution in [1.29, 1.82) is 0 Å².